The van der Waals surface area contributed by atoms with Gasteiger partial charge >= 0.3 is 0 Å². The van der Waals surface area contributed by atoms with Crippen LogP contribution in [0.5, 0.6) is 0 Å². The summed E-state index contributed by atoms with van der Waals surface area (Å²) < 4.78 is 2.22. The molecule has 2 aromatic heterocycles. The van der Waals surface area contributed by atoms with Crippen LogP contribution in [-0.2, 0) is 13.6 Å². The first-order chi connectivity index (χ1) is 12.2. The molecule has 1 atom stereocenters. The number of hydrogen-bond donors (Lipinski definition) is 1. The van der Waals surface area contributed by atoms with Crippen molar-refractivity contribution in [2.45, 2.75) is 19.9 Å². The molecule has 5 heteroatoms. The molecule has 1 N–H and O–H groups in total. The van der Waals surface area contributed by atoms with Crippen LogP contribution in [0.15, 0.2) is 42.6 Å². The van der Waals surface area contributed by atoms with Gasteiger partial charge in [-0.3, -0.25) is 4.90 Å². The minimum absolute atomic E-state index is 0.665. The van der Waals surface area contributed by atoms with Crippen molar-refractivity contribution in [3.63, 3.8) is 0 Å². The first-order valence-corrected chi connectivity index (χ1v) is 8.98. The van der Waals surface area contributed by atoms with Crippen LogP contribution in [0, 0.1) is 12.8 Å². The number of likely N-dealkylation sites (tertiary alicyclic amines) is 1. The van der Waals surface area contributed by atoms with E-state index in [1.54, 1.807) is 0 Å². The van der Waals surface area contributed by atoms with Gasteiger partial charge in [-0.25, -0.2) is 9.97 Å². The van der Waals surface area contributed by atoms with Gasteiger partial charge in [0.15, 0.2) is 0 Å². The van der Waals surface area contributed by atoms with Gasteiger partial charge in [0.05, 0.1) is 17.6 Å². The van der Waals surface area contributed by atoms with Crippen molar-refractivity contribution in [1.29, 1.82) is 0 Å². The maximum atomic E-state index is 4.80. The molecule has 1 aliphatic rings. The summed E-state index contributed by atoms with van der Waals surface area (Å²) >= 11 is 0. The highest BCUT2D eigenvalue weighted by Gasteiger charge is 2.23. The Morgan fingerprint density at radius 2 is 2.08 bits per heavy atom. The molecular weight excluding hydrogens is 310 g/mol. The maximum absolute atomic E-state index is 4.80. The fraction of sp³-hybridized carbons (Fsp3) is 0.400. The van der Waals surface area contributed by atoms with E-state index < -0.39 is 0 Å². The second-order valence-corrected chi connectivity index (χ2v) is 7.07. The van der Waals surface area contributed by atoms with Crippen LogP contribution < -0.4 is 5.32 Å². The van der Waals surface area contributed by atoms with Crippen molar-refractivity contribution >= 4 is 16.9 Å². The molecule has 5 nitrogen and oxygen atoms in total. The van der Waals surface area contributed by atoms with Crippen LogP contribution in [0.4, 0.5) is 5.82 Å². The van der Waals surface area contributed by atoms with Crippen LogP contribution >= 0.6 is 0 Å². The molecule has 0 amide bonds. The summed E-state index contributed by atoms with van der Waals surface area (Å²) in [5.41, 5.74) is 3.49. The molecule has 0 bridgehead atoms. The number of anilines is 1. The standard InChI is InChI=1S/C20H25N5/c1-15-7-8-19(21-11-15)22-12-16-9-10-25(13-16)14-20-23-17-5-3-4-6-18(17)24(20)2/h3-8,11,16H,9-10,12-14H2,1-2H3,(H,21,22)/t16-/m0/s1. The molecule has 3 heterocycles. The van der Waals surface area contributed by atoms with E-state index in [-0.39, 0.29) is 0 Å². The number of aromatic nitrogens is 3. The zero-order valence-electron chi connectivity index (χ0n) is 14.9. The number of pyridine rings is 1. The summed E-state index contributed by atoms with van der Waals surface area (Å²) in [5.74, 6) is 2.78. The number of nitrogens with one attached hydrogen (secondary N) is 1. The van der Waals surface area contributed by atoms with Crippen LogP contribution in [0.25, 0.3) is 11.0 Å². The quantitative estimate of drug-likeness (QED) is 0.778. The third kappa shape index (κ3) is 3.51. The van der Waals surface area contributed by atoms with Gasteiger partial charge in [0.1, 0.15) is 11.6 Å². The molecule has 0 spiro atoms. The van der Waals surface area contributed by atoms with Gasteiger partial charge in [-0.05, 0) is 49.6 Å². The molecule has 1 fully saturated rings. The summed E-state index contributed by atoms with van der Waals surface area (Å²) in [7, 11) is 2.11. The average molecular weight is 335 g/mol. The zero-order chi connectivity index (χ0) is 17.2. The molecule has 130 valence electrons. The van der Waals surface area contributed by atoms with Crippen LogP contribution in [0.2, 0.25) is 0 Å². The summed E-state index contributed by atoms with van der Waals surface area (Å²) in [6.45, 7) is 6.21. The Balaban J connectivity index is 1.34. The number of imidazole rings is 1. The van der Waals surface area contributed by atoms with Crippen molar-refractivity contribution in [3.05, 3.63) is 54.0 Å². The predicted octanol–water partition coefficient (Wildman–Crippen LogP) is 3.21. The summed E-state index contributed by atoms with van der Waals surface area (Å²) in [6.07, 6.45) is 3.14. The molecule has 1 aromatic carbocycles. The lowest BCUT2D eigenvalue weighted by atomic mass is 10.1. The lowest BCUT2D eigenvalue weighted by Gasteiger charge is -2.16. The Bertz CT molecular complexity index is 852. The van der Waals surface area contributed by atoms with Gasteiger partial charge in [0.25, 0.3) is 0 Å². The van der Waals surface area contributed by atoms with Gasteiger partial charge in [0, 0.05) is 26.3 Å². The third-order valence-electron chi connectivity index (χ3n) is 5.10. The number of para-hydroxylation sites is 2. The molecule has 0 unspecified atom stereocenters. The molecule has 4 rings (SSSR count). The highest BCUT2D eigenvalue weighted by atomic mass is 15.2. The summed E-state index contributed by atoms with van der Waals surface area (Å²) in [6, 6.07) is 12.5. The van der Waals surface area contributed by atoms with E-state index in [4.69, 9.17) is 4.98 Å². The normalized spacial score (nSPS) is 18.1. The predicted molar refractivity (Wildman–Crippen MR) is 102 cm³/mol. The lowest BCUT2D eigenvalue weighted by molar-refractivity contribution is 0.308. The second kappa shape index (κ2) is 6.84. The lowest BCUT2D eigenvalue weighted by Crippen LogP contribution is -2.24. The van der Waals surface area contributed by atoms with Crippen LogP contribution in [0.1, 0.15) is 17.8 Å². The first-order valence-electron chi connectivity index (χ1n) is 8.98. The number of benzene rings is 1. The van der Waals surface area contributed by atoms with Crippen LogP contribution in [-0.4, -0.2) is 39.1 Å². The topological polar surface area (TPSA) is 46.0 Å². The van der Waals surface area contributed by atoms with Gasteiger partial charge < -0.3 is 9.88 Å². The van der Waals surface area contributed by atoms with Crippen molar-refractivity contribution in [1.82, 2.24) is 19.4 Å². The van der Waals surface area contributed by atoms with E-state index in [1.807, 2.05) is 6.20 Å². The molecule has 1 saturated heterocycles. The van der Waals surface area contributed by atoms with E-state index >= 15 is 0 Å². The Morgan fingerprint density at radius 1 is 1.20 bits per heavy atom. The van der Waals surface area contributed by atoms with E-state index in [2.05, 4.69) is 70.1 Å². The largest absolute Gasteiger partial charge is 0.370 e. The number of fused-ring (bicyclic) bond motifs is 1. The Labute approximate surface area is 148 Å². The van der Waals surface area contributed by atoms with Gasteiger partial charge in [-0.2, -0.15) is 0 Å². The molecule has 0 aliphatic carbocycles. The highest BCUT2D eigenvalue weighted by molar-refractivity contribution is 5.75. The molecule has 25 heavy (non-hydrogen) atoms. The highest BCUT2D eigenvalue weighted by Crippen LogP contribution is 2.21. The first kappa shape index (κ1) is 16.1. The average Bonchev–Trinajstić information content (AvgIpc) is 3.20. The molecule has 0 radical (unpaired) electrons. The molecule has 0 saturated carbocycles. The summed E-state index contributed by atoms with van der Waals surface area (Å²) in [5, 5.41) is 3.47. The van der Waals surface area contributed by atoms with E-state index in [0.29, 0.717) is 5.92 Å². The minimum atomic E-state index is 0.665. The smallest absolute Gasteiger partial charge is 0.125 e. The van der Waals surface area contributed by atoms with Crippen molar-refractivity contribution in [3.8, 4) is 0 Å². The molecule has 3 aromatic rings. The van der Waals surface area contributed by atoms with Crippen molar-refractivity contribution < 1.29 is 0 Å². The van der Waals surface area contributed by atoms with E-state index in [0.717, 1.165) is 43.3 Å². The van der Waals surface area contributed by atoms with Crippen molar-refractivity contribution in [2.24, 2.45) is 13.0 Å². The van der Waals surface area contributed by atoms with Gasteiger partial charge in [-0.1, -0.05) is 18.2 Å². The molecule has 1 aliphatic heterocycles. The fourth-order valence-electron chi connectivity index (χ4n) is 3.58. The minimum Gasteiger partial charge on any atom is -0.370 e. The number of nitrogens with zero attached hydrogens (tertiary/aromatic N) is 4. The van der Waals surface area contributed by atoms with Gasteiger partial charge in [-0.15, -0.1) is 0 Å². The SMILES string of the molecule is Cc1ccc(NC[C@@H]2CCN(Cc3nc4ccccc4n3C)C2)nc1. The van der Waals surface area contributed by atoms with Crippen molar-refractivity contribution in [2.75, 3.05) is 25.0 Å². The second-order valence-electron chi connectivity index (χ2n) is 7.07. The van der Waals surface area contributed by atoms with Crippen LogP contribution in [0.3, 0.4) is 0 Å². The maximum Gasteiger partial charge on any atom is 0.125 e. The Morgan fingerprint density at radius 3 is 2.88 bits per heavy atom. The summed E-state index contributed by atoms with van der Waals surface area (Å²) in [4.78, 5) is 11.7. The number of rotatable bonds is 5. The number of aryl methyl sites for hydroxylation is 2. The Hall–Kier alpha value is -2.40. The van der Waals surface area contributed by atoms with E-state index in [9.17, 15) is 0 Å². The zero-order valence-corrected chi connectivity index (χ0v) is 14.9. The third-order valence-corrected chi connectivity index (χ3v) is 5.10. The fourth-order valence-corrected chi connectivity index (χ4v) is 3.58. The van der Waals surface area contributed by atoms with E-state index in [1.165, 1.54) is 17.5 Å². The molecular formula is C20H25N5. The Kier molecular flexibility index (Phi) is 4.40. The monoisotopic (exact) mass is 335 g/mol. The number of hydrogen-bond acceptors (Lipinski definition) is 4. The van der Waals surface area contributed by atoms with Gasteiger partial charge in [0.2, 0.25) is 0 Å².